The number of carboxylic acid groups (broad SMARTS) is 1. The number of rotatable bonds is 4. The Hall–Kier alpha value is -2.09. The van der Waals surface area contributed by atoms with Gasteiger partial charge in [0.15, 0.2) is 6.39 Å². The molecule has 8 heteroatoms. The molecule has 2 rings (SSSR count). The average molecular weight is 281 g/mol. The van der Waals surface area contributed by atoms with E-state index in [9.17, 15) is 9.59 Å². The van der Waals surface area contributed by atoms with Crippen molar-refractivity contribution >= 4 is 17.7 Å². The lowest BCUT2D eigenvalue weighted by molar-refractivity contribution is 0.0690. The van der Waals surface area contributed by atoms with Gasteiger partial charge in [0, 0.05) is 11.4 Å². The van der Waals surface area contributed by atoms with Crippen molar-refractivity contribution in [2.45, 2.75) is 24.6 Å². The lowest BCUT2D eigenvalue weighted by Crippen LogP contribution is -2.18. The molecule has 0 spiro atoms. The number of aromatic nitrogens is 3. The van der Waals surface area contributed by atoms with E-state index in [1.165, 1.54) is 13.3 Å². The van der Waals surface area contributed by atoms with E-state index >= 15 is 0 Å². The number of aryl methyl sites for hydroxylation is 2. The van der Waals surface area contributed by atoms with Crippen LogP contribution >= 0.6 is 11.8 Å². The Labute approximate surface area is 112 Å². The molecule has 2 aromatic heterocycles. The van der Waals surface area contributed by atoms with E-state index < -0.39 is 11.7 Å². The van der Waals surface area contributed by atoms with Crippen LogP contribution in [0.4, 0.5) is 0 Å². The lowest BCUT2D eigenvalue weighted by atomic mass is 10.2. The Balaban J connectivity index is 2.32. The molecule has 0 aliphatic heterocycles. The van der Waals surface area contributed by atoms with Crippen molar-refractivity contribution in [3.8, 4) is 0 Å². The number of thioether (sulfide) groups is 1. The minimum atomic E-state index is -1.12. The molecule has 0 aliphatic rings. The van der Waals surface area contributed by atoms with E-state index in [0.29, 0.717) is 17.2 Å². The summed E-state index contributed by atoms with van der Waals surface area (Å²) >= 11 is 1.14. The van der Waals surface area contributed by atoms with Crippen LogP contribution in [0.15, 0.2) is 20.6 Å². The van der Waals surface area contributed by atoms with Gasteiger partial charge >= 0.3 is 11.7 Å². The van der Waals surface area contributed by atoms with Gasteiger partial charge in [-0.1, -0.05) is 11.8 Å². The fraction of sp³-hybridized carbons (Fsp3) is 0.273. The molecule has 19 heavy (non-hydrogen) atoms. The Morgan fingerprint density at radius 1 is 1.53 bits per heavy atom. The third-order valence-electron chi connectivity index (χ3n) is 2.49. The van der Waals surface area contributed by atoms with Crippen molar-refractivity contribution in [1.82, 2.24) is 15.0 Å². The molecule has 0 atom stereocenters. The second-order valence-electron chi connectivity index (χ2n) is 3.80. The van der Waals surface area contributed by atoms with Gasteiger partial charge in [0.05, 0.1) is 5.69 Å². The summed E-state index contributed by atoms with van der Waals surface area (Å²) in [7, 11) is 0. The zero-order valence-electron chi connectivity index (χ0n) is 10.3. The van der Waals surface area contributed by atoms with Crippen molar-refractivity contribution < 1.29 is 14.3 Å². The van der Waals surface area contributed by atoms with Gasteiger partial charge in [0.2, 0.25) is 0 Å². The molecule has 100 valence electrons. The zero-order valence-corrected chi connectivity index (χ0v) is 11.1. The third-order valence-corrected chi connectivity index (χ3v) is 3.48. The standard InChI is InChI=1S/C11H11N3O4S/c1-5-8(10(15)16)9(14-11(17)13-5)19-3-7-6(2)18-4-12-7/h4H,3H2,1-2H3,(H,15,16)(H,13,14,17). The quantitative estimate of drug-likeness (QED) is 0.643. The Morgan fingerprint density at radius 2 is 2.26 bits per heavy atom. The summed E-state index contributed by atoms with van der Waals surface area (Å²) in [6.07, 6.45) is 1.32. The van der Waals surface area contributed by atoms with Gasteiger partial charge in [-0.3, -0.25) is 0 Å². The SMILES string of the molecule is Cc1[nH]c(=O)nc(SCc2ncoc2C)c1C(=O)O. The zero-order chi connectivity index (χ0) is 14.0. The molecule has 2 heterocycles. The number of oxazole rings is 1. The molecule has 7 nitrogen and oxygen atoms in total. The smallest absolute Gasteiger partial charge is 0.346 e. The molecular weight excluding hydrogens is 270 g/mol. The first-order valence-electron chi connectivity index (χ1n) is 5.35. The predicted molar refractivity (Wildman–Crippen MR) is 67.4 cm³/mol. The van der Waals surface area contributed by atoms with E-state index in [1.807, 2.05) is 0 Å². The maximum absolute atomic E-state index is 11.3. The molecule has 0 aliphatic carbocycles. The fourth-order valence-electron chi connectivity index (χ4n) is 1.52. The maximum Gasteiger partial charge on any atom is 0.346 e. The summed E-state index contributed by atoms with van der Waals surface area (Å²) in [6, 6.07) is 0. The van der Waals surface area contributed by atoms with Gasteiger partial charge in [0.1, 0.15) is 16.3 Å². The number of nitrogens with one attached hydrogen (secondary N) is 1. The van der Waals surface area contributed by atoms with Gasteiger partial charge in [0.25, 0.3) is 0 Å². The minimum Gasteiger partial charge on any atom is -0.478 e. The van der Waals surface area contributed by atoms with Gasteiger partial charge in [-0.25, -0.2) is 14.6 Å². The fourth-order valence-corrected chi connectivity index (χ4v) is 2.60. The van der Waals surface area contributed by atoms with E-state index in [-0.39, 0.29) is 16.3 Å². The summed E-state index contributed by atoms with van der Waals surface area (Å²) in [4.78, 5) is 32.5. The maximum atomic E-state index is 11.3. The first-order chi connectivity index (χ1) is 8.99. The highest BCUT2D eigenvalue weighted by Gasteiger charge is 2.17. The molecule has 0 aromatic carbocycles. The van der Waals surface area contributed by atoms with Crippen LogP contribution in [0.25, 0.3) is 0 Å². The van der Waals surface area contributed by atoms with Crippen molar-refractivity contribution in [3.05, 3.63) is 39.6 Å². The van der Waals surface area contributed by atoms with Crippen LogP contribution in [0.5, 0.6) is 0 Å². The van der Waals surface area contributed by atoms with E-state index in [2.05, 4.69) is 15.0 Å². The topological polar surface area (TPSA) is 109 Å². The molecule has 2 aromatic rings. The Bertz CT molecular complexity index is 677. The highest BCUT2D eigenvalue weighted by Crippen LogP contribution is 2.25. The van der Waals surface area contributed by atoms with Crippen molar-refractivity contribution in [1.29, 1.82) is 0 Å². The summed E-state index contributed by atoms with van der Waals surface area (Å²) < 4.78 is 5.05. The Kier molecular flexibility index (Phi) is 3.70. The number of hydrogen-bond donors (Lipinski definition) is 2. The monoisotopic (exact) mass is 281 g/mol. The van der Waals surface area contributed by atoms with Gasteiger partial charge < -0.3 is 14.5 Å². The number of carboxylic acids is 1. The molecule has 2 N–H and O–H groups in total. The van der Waals surface area contributed by atoms with E-state index in [4.69, 9.17) is 9.52 Å². The molecular formula is C11H11N3O4S. The number of H-pyrrole nitrogens is 1. The number of aromatic carboxylic acids is 1. The molecule has 0 bridgehead atoms. The van der Waals surface area contributed by atoms with E-state index in [0.717, 1.165) is 11.8 Å². The number of carbonyl (C=O) groups is 1. The van der Waals surface area contributed by atoms with Crippen LogP contribution in [0.1, 0.15) is 27.5 Å². The van der Waals surface area contributed by atoms with Crippen molar-refractivity contribution in [3.63, 3.8) is 0 Å². The van der Waals surface area contributed by atoms with Gasteiger partial charge in [-0.2, -0.15) is 4.98 Å². The first-order valence-corrected chi connectivity index (χ1v) is 6.33. The molecule has 0 amide bonds. The number of nitrogens with zero attached hydrogens (tertiary/aromatic N) is 2. The molecule has 0 saturated heterocycles. The summed E-state index contributed by atoms with van der Waals surface area (Å²) in [6.45, 7) is 3.29. The van der Waals surface area contributed by atoms with Gasteiger partial charge in [-0.15, -0.1) is 0 Å². The molecule has 0 unspecified atom stereocenters. The molecule has 0 fully saturated rings. The minimum absolute atomic E-state index is 0.00532. The second kappa shape index (κ2) is 5.27. The van der Waals surface area contributed by atoms with Crippen LogP contribution < -0.4 is 5.69 Å². The third kappa shape index (κ3) is 2.84. The average Bonchev–Trinajstić information content (AvgIpc) is 2.70. The first kappa shape index (κ1) is 13.3. The van der Waals surface area contributed by atoms with Crippen LogP contribution in [0.3, 0.4) is 0 Å². The van der Waals surface area contributed by atoms with Gasteiger partial charge in [-0.05, 0) is 13.8 Å². The van der Waals surface area contributed by atoms with Crippen LogP contribution in [-0.2, 0) is 5.75 Å². The number of aromatic amines is 1. The largest absolute Gasteiger partial charge is 0.478 e. The van der Waals surface area contributed by atoms with E-state index in [1.54, 1.807) is 6.92 Å². The molecule has 0 radical (unpaired) electrons. The lowest BCUT2D eigenvalue weighted by Gasteiger charge is -2.06. The Morgan fingerprint density at radius 3 is 2.84 bits per heavy atom. The number of hydrogen-bond acceptors (Lipinski definition) is 6. The summed E-state index contributed by atoms with van der Waals surface area (Å²) in [5, 5.41) is 9.32. The normalized spacial score (nSPS) is 10.6. The highest BCUT2D eigenvalue weighted by atomic mass is 32.2. The van der Waals surface area contributed by atoms with Crippen molar-refractivity contribution in [2.24, 2.45) is 0 Å². The predicted octanol–water partition coefficient (Wildman–Crippen LogP) is 1.37. The molecule has 0 saturated carbocycles. The van der Waals surface area contributed by atoms with Crippen LogP contribution in [0, 0.1) is 13.8 Å². The van der Waals surface area contributed by atoms with Crippen molar-refractivity contribution in [2.75, 3.05) is 0 Å². The summed E-state index contributed by atoms with van der Waals surface area (Å²) in [5.41, 5.74) is 0.417. The van der Waals surface area contributed by atoms with Crippen LogP contribution in [0.2, 0.25) is 0 Å². The second-order valence-corrected chi connectivity index (χ2v) is 4.76. The van der Waals surface area contributed by atoms with Crippen LogP contribution in [-0.4, -0.2) is 26.0 Å². The highest BCUT2D eigenvalue weighted by molar-refractivity contribution is 7.98. The summed E-state index contributed by atoms with van der Waals surface area (Å²) in [5.74, 6) is -0.0787.